The molecule has 0 spiro atoms. The van der Waals surface area contributed by atoms with Gasteiger partial charge in [-0.25, -0.2) is 4.79 Å². The summed E-state index contributed by atoms with van der Waals surface area (Å²) in [6.07, 6.45) is 4.53. The molecule has 2 unspecified atom stereocenters. The molecule has 0 aliphatic heterocycles. The topological polar surface area (TPSA) is 58.6 Å². The van der Waals surface area contributed by atoms with Gasteiger partial charge in [-0.15, -0.1) is 0 Å². The molecule has 110 valence electrons. The molecule has 1 saturated carbocycles. The summed E-state index contributed by atoms with van der Waals surface area (Å²) < 4.78 is 5.12. The van der Waals surface area contributed by atoms with Crippen molar-refractivity contribution in [2.24, 2.45) is 5.92 Å². The molecule has 1 aromatic carbocycles. The number of ether oxygens (including phenoxy) is 1. The van der Waals surface area contributed by atoms with Crippen molar-refractivity contribution in [3.8, 4) is 5.75 Å². The Kier molecular flexibility index (Phi) is 4.53. The zero-order valence-corrected chi connectivity index (χ0v) is 12.2. The van der Waals surface area contributed by atoms with Gasteiger partial charge in [0.1, 0.15) is 11.3 Å². The molecule has 0 aromatic heterocycles. The molecular formula is C16H23NO3. The van der Waals surface area contributed by atoms with Crippen LogP contribution >= 0.6 is 0 Å². The van der Waals surface area contributed by atoms with E-state index < -0.39 is 11.5 Å². The standard InChI is InChI=1S/C16H23NO3/c1-3-12-5-4-10-16(11-12,15(18)19)17-13-6-8-14(20-2)9-7-13/h6-9,12,17H,3-5,10-11H2,1-2H3,(H,18,19). The SMILES string of the molecule is CCC1CCCC(Nc2ccc(OC)cc2)(C(=O)O)C1. The fraction of sp³-hybridized carbons (Fsp3) is 0.562. The average molecular weight is 277 g/mol. The molecule has 1 aliphatic carbocycles. The number of carboxylic acid groups (broad SMARTS) is 1. The van der Waals surface area contributed by atoms with Gasteiger partial charge in [0.25, 0.3) is 0 Å². The second kappa shape index (κ2) is 6.16. The molecule has 1 aromatic rings. The number of anilines is 1. The Hall–Kier alpha value is -1.71. The molecule has 1 aliphatic rings. The van der Waals surface area contributed by atoms with Crippen LogP contribution in [0.2, 0.25) is 0 Å². The summed E-state index contributed by atoms with van der Waals surface area (Å²) >= 11 is 0. The van der Waals surface area contributed by atoms with Crippen molar-refractivity contribution in [1.82, 2.24) is 0 Å². The summed E-state index contributed by atoms with van der Waals surface area (Å²) in [4.78, 5) is 11.8. The summed E-state index contributed by atoms with van der Waals surface area (Å²) in [5, 5.41) is 12.9. The lowest BCUT2D eigenvalue weighted by molar-refractivity contribution is -0.144. The molecule has 1 fully saturated rings. The van der Waals surface area contributed by atoms with Gasteiger partial charge in [-0.3, -0.25) is 0 Å². The summed E-state index contributed by atoms with van der Waals surface area (Å²) in [6.45, 7) is 2.13. The smallest absolute Gasteiger partial charge is 0.329 e. The number of hydrogen-bond acceptors (Lipinski definition) is 3. The second-order valence-corrected chi connectivity index (χ2v) is 5.61. The Morgan fingerprint density at radius 2 is 2.15 bits per heavy atom. The summed E-state index contributed by atoms with van der Waals surface area (Å²) in [5.41, 5.74) is 0.0120. The largest absolute Gasteiger partial charge is 0.497 e. The number of carbonyl (C=O) groups is 1. The van der Waals surface area contributed by atoms with Gasteiger partial charge in [0.05, 0.1) is 7.11 Å². The second-order valence-electron chi connectivity index (χ2n) is 5.61. The van der Waals surface area contributed by atoms with Crippen LogP contribution in [0.15, 0.2) is 24.3 Å². The average Bonchev–Trinajstić information content (AvgIpc) is 2.48. The Morgan fingerprint density at radius 1 is 1.45 bits per heavy atom. The lowest BCUT2D eigenvalue weighted by atomic mass is 9.74. The van der Waals surface area contributed by atoms with Crippen LogP contribution in [0.1, 0.15) is 39.0 Å². The molecule has 2 N–H and O–H groups in total. The zero-order chi connectivity index (χ0) is 14.6. The van der Waals surface area contributed by atoms with Crippen LogP contribution in [0.25, 0.3) is 0 Å². The van der Waals surface area contributed by atoms with Gasteiger partial charge in [0, 0.05) is 5.69 Å². The number of aliphatic carboxylic acids is 1. The van der Waals surface area contributed by atoms with Crippen LogP contribution in [0.4, 0.5) is 5.69 Å². The lowest BCUT2D eigenvalue weighted by Gasteiger charge is -2.38. The van der Waals surface area contributed by atoms with Crippen LogP contribution in [0, 0.1) is 5.92 Å². The van der Waals surface area contributed by atoms with E-state index in [2.05, 4.69) is 12.2 Å². The molecule has 0 bridgehead atoms. The Labute approximate surface area is 120 Å². The summed E-state index contributed by atoms with van der Waals surface area (Å²) in [6, 6.07) is 7.44. The van der Waals surface area contributed by atoms with Crippen molar-refractivity contribution in [2.75, 3.05) is 12.4 Å². The molecule has 4 heteroatoms. The van der Waals surface area contributed by atoms with Crippen molar-refractivity contribution in [3.63, 3.8) is 0 Å². The van der Waals surface area contributed by atoms with Crippen LogP contribution in [-0.2, 0) is 4.79 Å². The van der Waals surface area contributed by atoms with Crippen molar-refractivity contribution < 1.29 is 14.6 Å². The van der Waals surface area contributed by atoms with E-state index in [-0.39, 0.29) is 0 Å². The first-order chi connectivity index (χ1) is 9.59. The van der Waals surface area contributed by atoms with Crippen molar-refractivity contribution in [3.05, 3.63) is 24.3 Å². The molecule has 4 nitrogen and oxygen atoms in total. The van der Waals surface area contributed by atoms with E-state index in [1.54, 1.807) is 7.11 Å². The molecule has 2 atom stereocenters. The zero-order valence-electron chi connectivity index (χ0n) is 12.2. The molecule has 0 heterocycles. The number of rotatable bonds is 5. The first kappa shape index (κ1) is 14.7. The van der Waals surface area contributed by atoms with Gasteiger partial charge < -0.3 is 15.2 Å². The summed E-state index contributed by atoms with van der Waals surface area (Å²) in [7, 11) is 1.62. The van der Waals surface area contributed by atoms with E-state index in [1.165, 1.54) is 0 Å². The highest BCUT2D eigenvalue weighted by Gasteiger charge is 2.42. The fourth-order valence-electron chi connectivity index (χ4n) is 3.05. The number of benzene rings is 1. The van der Waals surface area contributed by atoms with Crippen molar-refractivity contribution in [2.45, 2.75) is 44.6 Å². The van der Waals surface area contributed by atoms with Crippen LogP contribution in [0.3, 0.4) is 0 Å². The normalized spacial score (nSPS) is 26.0. The Bertz CT molecular complexity index is 457. The molecule has 2 rings (SSSR count). The first-order valence-electron chi connectivity index (χ1n) is 7.25. The molecular weight excluding hydrogens is 254 g/mol. The van der Waals surface area contributed by atoms with Crippen LogP contribution in [-0.4, -0.2) is 23.7 Å². The molecule has 0 radical (unpaired) electrons. The number of nitrogens with one attached hydrogen (secondary N) is 1. The van der Waals surface area contributed by atoms with Gasteiger partial charge >= 0.3 is 5.97 Å². The highest BCUT2D eigenvalue weighted by molar-refractivity contribution is 5.83. The van der Waals surface area contributed by atoms with Crippen molar-refractivity contribution in [1.29, 1.82) is 0 Å². The third-order valence-corrected chi connectivity index (χ3v) is 4.31. The number of carboxylic acids is 1. The maximum absolute atomic E-state index is 11.8. The van der Waals surface area contributed by atoms with Gasteiger partial charge in [-0.2, -0.15) is 0 Å². The van der Waals surface area contributed by atoms with Crippen LogP contribution < -0.4 is 10.1 Å². The number of methoxy groups -OCH3 is 1. The van der Waals surface area contributed by atoms with Crippen LogP contribution in [0.5, 0.6) is 5.75 Å². The van der Waals surface area contributed by atoms with Gasteiger partial charge in [0.2, 0.25) is 0 Å². The maximum atomic E-state index is 11.8. The van der Waals surface area contributed by atoms with E-state index in [1.807, 2.05) is 24.3 Å². The highest BCUT2D eigenvalue weighted by Crippen LogP contribution is 2.37. The number of hydrogen-bond donors (Lipinski definition) is 2. The Balaban J connectivity index is 2.17. The lowest BCUT2D eigenvalue weighted by Crippen LogP contribution is -2.49. The van der Waals surface area contributed by atoms with Gasteiger partial charge in [-0.05, 0) is 43.0 Å². The van der Waals surface area contributed by atoms with Gasteiger partial charge in [0.15, 0.2) is 0 Å². The third kappa shape index (κ3) is 3.06. The molecule has 20 heavy (non-hydrogen) atoms. The quantitative estimate of drug-likeness (QED) is 0.864. The minimum atomic E-state index is -0.826. The maximum Gasteiger partial charge on any atom is 0.329 e. The minimum absolute atomic E-state index is 0.491. The first-order valence-corrected chi connectivity index (χ1v) is 7.25. The van der Waals surface area contributed by atoms with E-state index >= 15 is 0 Å². The monoisotopic (exact) mass is 277 g/mol. The predicted octanol–water partition coefficient (Wildman–Crippen LogP) is 3.53. The van der Waals surface area contributed by atoms with E-state index in [0.29, 0.717) is 18.8 Å². The van der Waals surface area contributed by atoms with Gasteiger partial charge in [-0.1, -0.05) is 26.2 Å². The summed E-state index contributed by atoms with van der Waals surface area (Å²) in [5.74, 6) is 0.520. The molecule has 0 amide bonds. The van der Waals surface area contributed by atoms with E-state index in [0.717, 1.165) is 30.7 Å². The third-order valence-electron chi connectivity index (χ3n) is 4.31. The molecule has 0 saturated heterocycles. The fourth-order valence-corrected chi connectivity index (χ4v) is 3.05. The van der Waals surface area contributed by atoms with Crippen molar-refractivity contribution >= 4 is 11.7 Å². The van der Waals surface area contributed by atoms with E-state index in [4.69, 9.17) is 4.74 Å². The van der Waals surface area contributed by atoms with E-state index in [9.17, 15) is 9.90 Å². The minimum Gasteiger partial charge on any atom is -0.497 e. The highest BCUT2D eigenvalue weighted by atomic mass is 16.5. The predicted molar refractivity (Wildman–Crippen MR) is 79.2 cm³/mol. The Morgan fingerprint density at radius 3 is 2.70 bits per heavy atom.